The molecule has 4 nitrogen and oxygen atoms in total. The lowest BCUT2D eigenvalue weighted by Crippen LogP contribution is -1.81. The number of aryl methyl sites for hydroxylation is 2. The molecule has 0 aliphatic carbocycles. The molecule has 0 fully saturated rings. The number of aromatic nitrogens is 4. The number of nitrogens with zero attached hydrogens (tertiary/aromatic N) is 4. The Morgan fingerprint density at radius 2 is 1.00 bits per heavy atom. The highest BCUT2D eigenvalue weighted by Crippen LogP contribution is 2.40. The molecule has 0 bridgehead atoms. The Balaban J connectivity index is 1.68. The summed E-state index contributed by atoms with van der Waals surface area (Å²) in [6, 6.07) is 12.8. The average Bonchev–Trinajstić information content (AvgIpc) is 3.36. The fraction of sp³-hybridized carbons (Fsp3) is 0.111. The van der Waals surface area contributed by atoms with E-state index in [4.69, 9.17) is 0 Å². The average molecular weight is 381 g/mol. The molecular weight excluding hydrogens is 368 g/mol. The van der Waals surface area contributed by atoms with Gasteiger partial charge in [0.25, 0.3) is 0 Å². The summed E-state index contributed by atoms with van der Waals surface area (Å²) in [7, 11) is 0. The van der Waals surface area contributed by atoms with E-state index in [-0.39, 0.29) is 0 Å². The van der Waals surface area contributed by atoms with E-state index >= 15 is 0 Å². The van der Waals surface area contributed by atoms with Crippen LogP contribution in [0.2, 0.25) is 0 Å². The molecular formula is C18H12N4S3. The van der Waals surface area contributed by atoms with E-state index in [0.717, 1.165) is 44.3 Å². The van der Waals surface area contributed by atoms with Gasteiger partial charge < -0.3 is 0 Å². The SMILES string of the molecule is Cc1ccc(-c2ccc(-c3ccc(C)c4nsnc34)s2)c2nsnc12. The van der Waals surface area contributed by atoms with Gasteiger partial charge in [0.05, 0.1) is 23.5 Å². The molecule has 0 saturated carbocycles. The highest BCUT2D eigenvalue weighted by molar-refractivity contribution is 7.19. The van der Waals surface area contributed by atoms with Crippen molar-refractivity contribution in [2.45, 2.75) is 13.8 Å². The first-order valence-electron chi connectivity index (χ1n) is 7.77. The standard InChI is InChI=1S/C18H12N4S3/c1-9-3-5-11(17-15(9)19-24-21-17)13-7-8-14(23-13)12-6-4-10(2)16-18(12)22-25-20-16/h3-8H,1-2H3. The van der Waals surface area contributed by atoms with Gasteiger partial charge in [-0.25, -0.2) is 0 Å². The van der Waals surface area contributed by atoms with Crippen LogP contribution in [0.3, 0.4) is 0 Å². The zero-order chi connectivity index (χ0) is 17.0. The van der Waals surface area contributed by atoms with Crippen LogP contribution < -0.4 is 0 Å². The van der Waals surface area contributed by atoms with Crippen LogP contribution in [0.1, 0.15) is 11.1 Å². The van der Waals surface area contributed by atoms with Crippen LogP contribution >= 0.6 is 34.8 Å². The van der Waals surface area contributed by atoms with Crippen LogP contribution in [-0.2, 0) is 0 Å². The van der Waals surface area contributed by atoms with Crippen LogP contribution in [0.4, 0.5) is 0 Å². The molecule has 5 rings (SSSR count). The Labute approximate surface area is 156 Å². The predicted molar refractivity (Wildman–Crippen MR) is 107 cm³/mol. The minimum Gasteiger partial charge on any atom is -0.173 e. The number of fused-ring (bicyclic) bond motifs is 2. The molecule has 122 valence electrons. The van der Waals surface area contributed by atoms with Gasteiger partial charge >= 0.3 is 0 Å². The summed E-state index contributed by atoms with van der Waals surface area (Å²) in [5, 5.41) is 0. The summed E-state index contributed by atoms with van der Waals surface area (Å²) in [6.07, 6.45) is 0. The smallest absolute Gasteiger partial charge is 0.113 e. The van der Waals surface area contributed by atoms with Crippen LogP contribution in [0, 0.1) is 13.8 Å². The van der Waals surface area contributed by atoms with Gasteiger partial charge in [-0.3, -0.25) is 0 Å². The van der Waals surface area contributed by atoms with Gasteiger partial charge in [0, 0.05) is 20.9 Å². The van der Waals surface area contributed by atoms with Gasteiger partial charge in [-0.05, 0) is 37.1 Å². The third kappa shape index (κ3) is 2.31. The van der Waals surface area contributed by atoms with Gasteiger partial charge in [0.1, 0.15) is 22.1 Å². The third-order valence-electron chi connectivity index (χ3n) is 4.37. The second-order valence-electron chi connectivity index (χ2n) is 5.95. The molecule has 5 aromatic rings. The lowest BCUT2D eigenvalue weighted by atomic mass is 10.1. The van der Waals surface area contributed by atoms with Gasteiger partial charge in [-0.2, -0.15) is 17.5 Å². The van der Waals surface area contributed by atoms with E-state index in [0.29, 0.717) is 0 Å². The first-order chi connectivity index (χ1) is 12.2. The molecule has 0 aliphatic rings. The van der Waals surface area contributed by atoms with Crippen molar-refractivity contribution in [1.29, 1.82) is 0 Å². The highest BCUT2D eigenvalue weighted by Gasteiger charge is 2.15. The minimum atomic E-state index is 0.989. The molecule has 0 saturated heterocycles. The molecule has 7 heteroatoms. The van der Waals surface area contributed by atoms with Crippen molar-refractivity contribution in [3.63, 3.8) is 0 Å². The van der Waals surface area contributed by atoms with Gasteiger partial charge in [0.15, 0.2) is 0 Å². The monoisotopic (exact) mass is 380 g/mol. The maximum atomic E-state index is 4.51. The Morgan fingerprint density at radius 3 is 1.48 bits per heavy atom. The summed E-state index contributed by atoms with van der Waals surface area (Å²) >= 11 is 4.30. The maximum Gasteiger partial charge on any atom is 0.113 e. The fourth-order valence-electron chi connectivity index (χ4n) is 3.01. The van der Waals surface area contributed by atoms with Crippen molar-refractivity contribution in [3.8, 4) is 20.9 Å². The third-order valence-corrected chi connectivity index (χ3v) is 6.58. The molecule has 0 atom stereocenters. The van der Waals surface area contributed by atoms with Crippen molar-refractivity contribution in [2.75, 3.05) is 0 Å². The molecule has 0 N–H and O–H groups in total. The summed E-state index contributed by atoms with van der Waals surface area (Å²) in [5.74, 6) is 0. The molecule has 0 unspecified atom stereocenters. The number of thiophene rings is 1. The van der Waals surface area contributed by atoms with Crippen LogP contribution in [0.25, 0.3) is 42.9 Å². The zero-order valence-corrected chi connectivity index (χ0v) is 15.9. The molecule has 0 radical (unpaired) electrons. The van der Waals surface area contributed by atoms with Crippen molar-refractivity contribution in [1.82, 2.24) is 17.5 Å². The maximum absolute atomic E-state index is 4.51. The Hall–Kier alpha value is -2.22. The van der Waals surface area contributed by atoms with E-state index < -0.39 is 0 Å². The zero-order valence-electron chi connectivity index (χ0n) is 13.5. The van der Waals surface area contributed by atoms with Gasteiger partial charge in [0.2, 0.25) is 0 Å². The predicted octanol–water partition coefficient (Wildman–Crippen LogP) is 5.71. The Bertz CT molecular complexity index is 1140. The lowest BCUT2D eigenvalue weighted by Gasteiger charge is -2.02. The second-order valence-corrected chi connectivity index (χ2v) is 8.09. The van der Waals surface area contributed by atoms with E-state index in [1.807, 2.05) is 0 Å². The molecule has 3 aromatic heterocycles. The Morgan fingerprint density at radius 1 is 0.560 bits per heavy atom. The largest absolute Gasteiger partial charge is 0.173 e. The van der Waals surface area contributed by atoms with Crippen molar-refractivity contribution < 1.29 is 0 Å². The van der Waals surface area contributed by atoms with E-state index in [1.54, 1.807) is 11.3 Å². The summed E-state index contributed by atoms with van der Waals surface area (Å²) in [5.41, 5.74) is 8.59. The second kappa shape index (κ2) is 5.66. The number of hydrogen-bond acceptors (Lipinski definition) is 7. The summed E-state index contributed by atoms with van der Waals surface area (Å²) in [6.45, 7) is 4.15. The van der Waals surface area contributed by atoms with E-state index in [1.165, 1.54) is 33.2 Å². The van der Waals surface area contributed by atoms with Crippen molar-refractivity contribution >= 4 is 56.9 Å². The van der Waals surface area contributed by atoms with Gasteiger partial charge in [-0.1, -0.05) is 24.3 Å². The minimum absolute atomic E-state index is 0.989. The van der Waals surface area contributed by atoms with Crippen molar-refractivity contribution in [3.05, 3.63) is 47.5 Å². The summed E-state index contributed by atoms with van der Waals surface area (Å²) in [4.78, 5) is 2.40. The van der Waals surface area contributed by atoms with Crippen LogP contribution in [0.5, 0.6) is 0 Å². The molecule has 0 amide bonds. The summed E-state index contributed by atoms with van der Waals surface area (Å²) < 4.78 is 17.9. The van der Waals surface area contributed by atoms with Gasteiger partial charge in [-0.15, -0.1) is 11.3 Å². The fourth-order valence-corrected chi connectivity index (χ4v) is 5.30. The van der Waals surface area contributed by atoms with E-state index in [9.17, 15) is 0 Å². The molecule has 25 heavy (non-hydrogen) atoms. The normalized spacial score (nSPS) is 11.6. The number of benzene rings is 2. The topological polar surface area (TPSA) is 51.6 Å². The first-order valence-corrected chi connectivity index (χ1v) is 10.0. The van der Waals surface area contributed by atoms with E-state index in [2.05, 4.69) is 67.7 Å². The quantitative estimate of drug-likeness (QED) is 0.394. The Kier molecular flexibility index (Phi) is 3.41. The number of rotatable bonds is 2. The molecule has 0 spiro atoms. The lowest BCUT2D eigenvalue weighted by molar-refractivity contribution is 1.48. The molecule has 2 aromatic carbocycles. The molecule has 3 heterocycles. The number of hydrogen-bond donors (Lipinski definition) is 0. The highest BCUT2D eigenvalue weighted by atomic mass is 32.1. The van der Waals surface area contributed by atoms with Crippen molar-refractivity contribution in [2.24, 2.45) is 0 Å². The van der Waals surface area contributed by atoms with Crippen LogP contribution in [0.15, 0.2) is 36.4 Å². The van der Waals surface area contributed by atoms with Crippen LogP contribution in [-0.4, -0.2) is 17.5 Å². The first kappa shape index (κ1) is 15.1. The molecule has 0 aliphatic heterocycles.